The van der Waals surface area contributed by atoms with E-state index < -0.39 is 9.04 Å². The zero-order valence-corrected chi connectivity index (χ0v) is 16.7. The Bertz CT molecular complexity index is 840. The Labute approximate surface area is 148 Å². The summed E-state index contributed by atoms with van der Waals surface area (Å²) in [6, 6.07) is 10.2. The fourth-order valence-corrected chi connectivity index (χ4v) is 4.04. The normalized spacial score (nSPS) is 13.0. The minimum absolute atomic E-state index is 0.245. The number of hydrogen-bond donors (Lipinski definition) is 1. The molecule has 0 spiro atoms. The van der Waals surface area contributed by atoms with Gasteiger partial charge in [-0.25, -0.2) is 9.97 Å². The summed E-state index contributed by atoms with van der Waals surface area (Å²) in [6.07, 6.45) is 1.86. The van der Waals surface area contributed by atoms with Crippen LogP contribution in [0, 0.1) is 0 Å². The van der Waals surface area contributed by atoms with E-state index >= 15 is 0 Å². The van der Waals surface area contributed by atoms with Gasteiger partial charge in [-0.3, -0.25) is 0 Å². The molecule has 0 saturated heterocycles. The molecular weight excluding hydrogens is 333 g/mol. The lowest BCUT2D eigenvalue weighted by atomic mass is 10.3. The number of nitrogens with one attached hydrogen (secondary N) is 1. The molecule has 0 radical (unpaired) electrons. The van der Waals surface area contributed by atoms with E-state index in [4.69, 9.17) is 9.41 Å². The van der Waals surface area contributed by atoms with E-state index in [1.165, 1.54) is 0 Å². The van der Waals surface area contributed by atoms with E-state index in [9.17, 15) is 0 Å². The van der Waals surface area contributed by atoms with Crippen molar-refractivity contribution in [1.29, 1.82) is 0 Å². The van der Waals surface area contributed by atoms with Crippen molar-refractivity contribution in [3.8, 4) is 16.3 Å². The molecule has 4 nitrogen and oxygen atoms in total. The first-order chi connectivity index (χ1) is 11.4. The Morgan fingerprint density at radius 1 is 1.17 bits per heavy atom. The number of rotatable bonds is 4. The Morgan fingerprint density at radius 3 is 2.58 bits per heavy atom. The lowest BCUT2D eigenvalue weighted by Crippen LogP contribution is -2.28. The first kappa shape index (κ1) is 16.9. The molecule has 0 bridgehead atoms. The monoisotopic (exact) mass is 356 g/mol. The molecule has 6 heteroatoms. The van der Waals surface area contributed by atoms with E-state index in [0.29, 0.717) is 0 Å². The number of thiazole rings is 1. The van der Waals surface area contributed by atoms with Crippen molar-refractivity contribution in [3.05, 3.63) is 36.5 Å². The van der Waals surface area contributed by atoms with Crippen LogP contribution in [0.1, 0.15) is 20.8 Å². The van der Waals surface area contributed by atoms with Gasteiger partial charge in [0.1, 0.15) is 16.6 Å². The smallest absolute Gasteiger partial charge is 0.237 e. The first-order valence-corrected chi connectivity index (χ1v) is 11.1. The maximum Gasteiger partial charge on any atom is 0.237 e. The summed E-state index contributed by atoms with van der Waals surface area (Å²) in [5.74, 6) is 1.81. The van der Waals surface area contributed by atoms with Gasteiger partial charge in [0.2, 0.25) is 9.04 Å². The molecule has 0 aliphatic heterocycles. The average molecular weight is 357 g/mol. The highest BCUT2D eigenvalue weighted by Gasteiger charge is 2.24. The Balaban J connectivity index is 1.88. The van der Waals surface area contributed by atoms with E-state index in [-0.39, 0.29) is 5.04 Å². The lowest BCUT2D eigenvalue weighted by Gasteiger charge is -2.26. The van der Waals surface area contributed by atoms with Gasteiger partial charge in [0.05, 0.1) is 10.2 Å². The van der Waals surface area contributed by atoms with Gasteiger partial charge in [-0.1, -0.05) is 20.8 Å². The lowest BCUT2D eigenvalue weighted by molar-refractivity contribution is 0.521. The molecule has 2 aromatic heterocycles. The minimum Gasteiger partial charge on any atom is -0.546 e. The van der Waals surface area contributed by atoms with Gasteiger partial charge >= 0.3 is 0 Å². The zero-order chi connectivity index (χ0) is 17.3. The molecule has 1 unspecified atom stereocenters. The molecule has 1 atom stereocenters. The van der Waals surface area contributed by atoms with Crippen molar-refractivity contribution in [2.75, 3.05) is 12.4 Å². The van der Waals surface area contributed by atoms with Gasteiger partial charge in [0.25, 0.3) is 0 Å². The quantitative estimate of drug-likeness (QED) is 0.673. The van der Waals surface area contributed by atoms with Gasteiger partial charge in [-0.05, 0) is 41.9 Å². The van der Waals surface area contributed by atoms with E-state index in [0.717, 1.165) is 32.4 Å². The van der Waals surface area contributed by atoms with Crippen molar-refractivity contribution >= 4 is 36.4 Å². The van der Waals surface area contributed by atoms with Crippen LogP contribution in [-0.4, -0.2) is 26.1 Å². The topological polar surface area (TPSA) is 47.0 Å². The van der Waals surface area contributed by atoms with Crippen molar-refractivity contribution in [2.45, 2.75) is 32.4 Å². The van der Waals surface area contributed by atoms with Gasteiger partial charge in [-0.2, -0.15) is 0 Å². The predicted molar refractivity (Wildman–Crippen MR) is 106 cm³/mol. The molecule has 3 rings (SSSR count). The molecule has 2 heterocycles. The fourth-order valence-electron chi connectivity index (χ4n) is 2.15. The summed E-state index contributed by atoms with van der Waals surface area (Å²) >= 11 is 1.68. The summed E-state index contributed by atoms with van der Waals surface area (Å²) in [4.78, 5) is 9.09. The Hall–Kier alpha value is -1.92. The van der Waals surface area contributed by atoms with E-state index in [2.05, 4.69) is 43.7 Å². The van der Waals surface area contributed by atoms with Crippen LogP contribution in [0.4, 0.5) is 5.82 Å². The van der Waals surface area contributed by atoms with Crippen LogP contribution in [0.2, 0.25) is 11.6 Å². The Morgan fingerprint density at radius 2 is 1.96 bits per heavy atom. The van der Waals surface area contributed by atoms with Crippen molar-refractivity contribution in [2.24, 2.45) is 0 Å². The molecule has 126 valence electrons. The van der Waals surface area contributed by atoms with Crippen LogP contribution in [0.5, 0.6) is 5.75 Å². The van der Waals surface area contributed by atoms with Crippen molar-refractivity contribution in [1.82, 2.24) is 9.97 Å². The SMILES string of the molecule is C[SiH](Oc1ccc2nc(-c3ccc(N[11CH3])nc3)sc2c1)C(C)(C)C. The highest BCUT2D eigenvalue weighted by atomic mass is 32.1. The van der Waals surface area contributed by atoms with Crippen LogP contribution in [0.15, 0.2) is 36.5 Å². The number of hydrogen-bond acceptors (Lipinski definition) is 5. The maximum absolute atomic E-state index is 6.23. The second-order valence-electron chi connectivity index (χ2n) is 6.96. The molecule has 0 aliphatic rings. The number of fused-ring (bicyclic) bond motifs is 1. The number of nitrogens with zero attached hydrogens (tertiary/aromatic N) is 2. The van der Waals surface area contributed by atoms with E-state index in [1.807, 2.05) is 37.5 Å². The Kier molecular flexibility index (Phi) is 4.60. The number of pyridine rings is 1. The third-order valence-electron chi connectivity index (χ3n) is 4.16. The maximum atomic E-state index is 6.23. The molecule has 0 aliphatic carbocycles. The second kappa shape index (κ2) is 6.53. The number of benzene rings is 1. The first-order valence-electron chi connectivity index (χ1n) is 8.08. The number of anilines is 1. The largest absolute Gasteiger partial charge is 0.546 e. The molecule has 3 aromatic rings. The minimum atomic E-state index is -1.29. The number of aromatic nitrogens is 2. The summed E-state index contributed by atoms with van der Waals surface area (Å²) in [7, 11) is 0.572. The standard InChI is InChI=1S/C18H23N3OSSi/c1-18(2,3)24(5)22-13-7-8-14-15(10-13)23-17(21-14)12-6-9-16(19-4)20-11-12/h6-11,24H,1-5H3,(H,19,20)/i4-1. The molecule has 0 amide bonds. The van der Waals surface area contributed by atoms with E-state index in [1.54, 1.807) is 11.3 Å². The molecule has 0 saturated carbocycles. The van der Waals surface area contributed by atoms with Gasteiger partial charge in [0.15, 0.2) is 0 Å². The molecule has 1 N–H and O–H groups in total. The average Bonchev–Trinajstić information content (AvgIpc) is 2.97. The fraction of sp³-hybridized carbons (Fsp3) is 0.333. The van der Waals surface area contributed by atoms with Crippen LogP contribution in [0.3, 0.4) is 0 Å². The van der Waals surface area contributed by atoms with Crippen LogP contribution in [0.25, 0.3) is 20.8 Å². The summed E-state index contributed by atoms with van der Waals surface area (Å²) in [5.41, 5.74) is 2.04. The summed E-state index contributed by atoms with van der Waals surface area (Å²) < 4.78 is 7.38. The summed E-state index contributed by atoms with van der Waals surface area (Å²) in [6.45, 7) is 8.98. The van der Waals surface area contributed by atoms with Crippen LogP contribution < -0.4 is 9.74 Å². The molecule has 0 fully saturated rings. The zero-order valence-electron chi connectivity index (χ0n) is 14.8. The highest BCUT2D eigenvalue weighted by molar-refractivity contribution is 7.21. The molecule has 24 heavy (non-hydrogen) atoms. The molecular formula is C18H23N3OSSi. The third kappa shape index (κ3) is 3.60. The molecule has 1 aromatic carbocycles. The second-order valence-corrected chi connectivity index (χ2v) is 11.2. The van der Waals surface area contributed by atoms with Gasteiger partial charge < -0.3 is 9.74 Å². The third-order valence-corrected chi connectivity index (χ3v) is 8.29. The van der Waals surface area contributed by atoms with Gasteiger partial charge in [0, 0.05) is 18.8 Å². The highest BCUT2D eigenvalue weighted by Crippen LogP contribution is 2.34. The van der Waals surface area contributed by atoms with Gasteiger partial charge in [-0.15, -0.1) is 11.3 Å². The van der Waals surface area contributed by atoms with Crippen LogP contribution in [-0.2, 0) is 0 Å². The predicted octanol–water partition coefficient (Wildman–Crippen LogP) is 4.93. The van der Waals surface area contributed by atoms with Crippen LogP contribution >= 0.6 is 11.3 Å². The van der Waals surface area contributed by atoms with Crippen molar-refractivity contribution in [3.63, 3.8) is 0 Å². The summed E-state index contributed by atoms with van der Waals surface area (Å²) in [5, 5.41) is 4.26. The van der Waals surface area contributed by atoms with Crippen molar-refractivity contribution < 1.29 is 4.43 Å².